The molecule has 0 radical (unpaired) electrons. The van der Waals surface area contributed by atoms with Gasteiger partial charge in [-0.1, -0.05) is 54.2 Å². The van der Waals surface area contributed by atoms with E-state index in [4.69, 9.17) is 9.47 Å². The first-order chi connectivity index (χ1) is 16.0. The van der Waals surface area contributed by atoms with E-state index in [9.17, 15) is 14.9 Å². The smallest absolute Gasteiger partial charge is 0.316 e. The number of esters is 1. The average molecular weight is 464 g/mol. The molecule has 1 aliphatic heterocycles. The second-order valence-corrected chi connectivity index (χ2v) is 8.10. The topological polar surface area (TPSA) is 100 Å². The number of nitriles is 1. The Kier molecular flexibility index (Phi) is 8.17. The Bertz CT molecular complexity index is 1140. The number of carbonyl (C=O) groups is 2. The molecule has 2 aromatic carbocycles. The van der Waals surface area contributed by atoms with Crippen molar-refractivity contribution in [3.63, 3.8) is 0 Å². The van der Waals surface area contributed by atoms with Crippen LogP contribution in [0.1, 0.15) is 25.3 Å². The van der Waals surface area contributed by atoms with Gasteiger partial charge in [0.25, 0.3) is 5.91 Å². The van der Waals surface area contributed by atoms with Gasteiger partial charge in [-0.25, -0.2) is 0 Å². The van der Waals surface area contributed by atoms with Crippen LogP contribution in [0.5, 0.6) is 5.75 Å². The highest BCUT2D eigenvalue weighted by Gasteiger charge is 2.35. The van der Waals surface area contributed by atoms with E-state index in [0.29, 0.717) is 33.3 Å². The standard InChI is InChI=1S/C25H25N3O4S/c1-4-32-21(29)15-33-25-18(14-26)23(17-10-6-5-7-11-17)22(16(2)27-25)24(30)28-19-12-8-9-13-20(19)31-3/h5-13,23,27H,4,15H2,1-3H3,(H,28,30)/t23-/m1/s1. The third kappa shape index (κ3) is 5.57. The minimum atomic E-state index is -0.600. The molecule has 1 aliphatic rings. The van der Waals surface area contributed by atoms with Crippen molar-refractivity contribution >= 4 is 29.3 Å². The third-order valence-corrected chi connectivity index (χ3v) is 6.01. The summed E-state index contributed by atoms with van der Waals surface area (Å²) in [5, 5.41) is 16.7. The Hall–Kier alpha value is -3.70. The van der Waals surface area contributed by atoms with Crippen molar-refractivity contribution in [2.24, 2.45) is 0 Å². The van der Waals surface area contributed by atoms with Crippen LogP contribution in [0.3, 0.4) is 0 Å². The molecule has 0 saturated carbocycles. The summed E-state index contributed by atoms with van der Waals surface area (Å²) in [6, 6.07) is 18.8. The summed E-state index contributed by atoms with van der Waals surface area (Å²) in [6.07, 6.45) is 0. The molecule has 0 fully saturated rings. The van der Waals surface area contributed by atoms with Crippen molar-refractivity contribution in [3.8, 4) is 11.8 Å². The fraction of sp³-hybridized carbons (Fsp3) is 0.240. The SMILES string of the molecule is CCOC(=O)CSC1=C(C#N)[C@@H](c2ccccc2)C(C(=O)Nc2ccccc2OC)=C(C)N1. The van der Waals surface area contributed by atoms with Crippen molar-refractivity contribution in [3.05, 3.63) is 82.0 Å². The molecule has 0 unspecified atom stereocenters. The van der Waals surface area contributed by atoms with Gasteiger partial charge >= 0.3 is 5.97 Å². The molecule has 170 valence electrons. The second-order valence-electron chi connectivity index (χ2n) is 7.11. The normalized spacial score (nSPS) is 15.4. The van der Waals surface area contributed by atoms with E-state index in [1.807, 2.05) is 36.4 Å². The van der Waals surface area contributed by atoms with Crippen molar-refractivity contribution < 1.29 is 19.1 Å². The summed E-state index contributed by atoms with van der Waals surface area (Å²) < 4.78 is 10.4. The van der Waals surface area contributed by atoms with Gasteiger partial charge in [0.2, 0.25) is 0 Å². The van der Waals surface area contributed by atoms with Gasteiger partial charge in [-0.2, -0.15) is 5.26 Å². The highest BCUT2D eigenvalue weighted by molar-refractivity contribution is 8.03. The molecule has 2 N–H and O–H groups in total. The number of hydrogen-bond donors (Lipinski definition) is 2. The molecule has 0 spiro atoms. The van der Waals surface area contributed by atoms with E-state index in [1.165, 1.54) is 18.9 Å². The minimum absolute atomic E-state index is 0.0545. The number of nitrogens with one attached hydrogen (secondary N) is 2. The molecule has 0 aliphatic carbocycles. The average Bonchev–Trinajstić information content (AvgIpc) is 2.83. The van der Waals surface area contributed by atoms with Gasteiger partial charge in [0.1, 0.15) is 5.75 Å². The molecule has 8 heteroatoms. The summed E-state index contributed by atoms with van der Waals surface area (Å²) >= 11 is 1.19. The number of anilines is 1. The number of amides is 1. The maximum atomic E-state index is 13.5. The maximum Gasteiger partial charge on any atom is 0.316 e. The van der Waals surface area contributed by atoms with Crippen LogP contribution in [0.2, 0.25) is 0 Å². The Labute approximate surface area is 197 Å². The predicted molar refractivity (Wildman–Crippen MR) is 128 cm³/mol. The van der Waals surface area contributed by atoms with Crippen LogP contribution in [0.25, 0.3) is 0 Å². The highest BCUT2D eigenvalue weighted by atomic mass is 32.2. The monoisotopic (exact) mass is 463 g/mol. The van der Waals surface area contributed by atoms with E-state index < -0.39 is 5.92 Å². The minimum Gasteiger partial charge on any atom is -0.495 e. The summed E-state index contributed by atoms with van der Waals surface area (Å²) in [5.74, 6) is -0.728. The van der Waals surface area contributed by atoms with Crippen LogP contribution < -0.4 is 15.4 Å². The molecule has 1 heterocycles. The van der Waals surface area contributed by atoms with E-state index in [-0.39, 0.29) is 24.2 Å². The number of carbonyl (C=O) groups excluding carboxylic acids is 2. The van der Waals surface area contributed by atoms with E-state index in [2.05, 4.69) is 16.7 Å². The van der Waals surface area contributed by atoms with Crippen molar-refractivity contribution in [2.75, 3.05) is 24.8 Å². The zero-order valence-electron chi connectivity index (χ0n) is 18.7. The number of methoxy groups -OCH3 is 1. The lowest BCUT2D eigenvalue weighted by Crippen LogP contribution is -2.31. The molecular weight excluding hydrogens is 438 g/mol. The molecule has 2 aromatic rings. The number of allylic oxidation sites excluding steroid dienone is 2. The number of ether oxygens (including phenoxy) is 2. The summed E-state index contributed by atoms with van der Waals surface area (Å²) in [4.78, 5) is 25.4. The van der Waals surface area contributed by atoms with E-state index in [1.54, 1.807) is 32.0 Å². The zero-order chi connectivity index (χ0) is 23.8. The molecular formula is C25H25N3O4S. The fourth-order valence-corrected chi connectivity index (χ4v) is 4.47. The van der Waals surface area contributed by atoms with Crippen LogP contribution in [0.4, 0.5) is 5.69 Å². The number of hydrogen-bond acceptors (Lipinski definition) is 7. The fourth-order valence-electron chi connectivity index (χ4n) is 3.58. The lowest BCUT2D eigenvalue weighted by atomic mass is 9.82. The largest absolute Gasteiger partial charge is 0.495 e. The van der Waals surface area contributed by atoms with Crippen LogP contribution >= 0.6 is 11.8 Å². The molecule has 1 atom stereocenters. The number of nitrogens with zero attached hydrogens (tertiary/aromatic N) is 1. The molecule has 0 aromatic heterocycles. The van der Waals surface area contributed by atoms with Crippen molar-refractivity contribution in [2.45, 2.75) is 19.8 Å². The Morgan fingerprint density at radius 3 is 2.52 bits per heavy atom. The number of thioether (sulfide) groups is 1. The molecule has 7 nitrogen and oxygen atoms in total. The predicted octanol–water partition coefficient (Wildman–Crippen LogP) is 4.33. The quantitative estimate of drug-likeness (QED) is 0.562. The Morgan fingerprint density at radius 1 is 1.15 bits per heavy atom. The maximum absolute atomic E-state index is 13.5. The van der Waals surface area contributed by atoms with Crippen LogP contribution in [-0.4, -0.2) is 31.3 Å². The van der Waals surface area contributed by atoms with Gasteiger partial charge in [0, 0.05) is 11.3 Å². The first-order valence-corrected chi connectivity index (χ1v) is 11.4. The number of rotatable bonds is 8. The highest BCUT2D eigenvalue weighted by Crippen LogP contribution is 2.41. The van der Waals surface area contributed by atoms with Gasteiger partial charge in [0.15, 0.2) is 0 Å². The van der Waals surface area contributed by atoms with Crippen LogP contribution in [0, 0.1) is 11.3 Å². The molecule has 0 bridgehead atoms. The first-order valence-electron chi connectivity index (χ1n) is 10.4. The number of para-hydroxylation sites is 2. The van der Waals surface area contributed by atoms with Gasteiger partial charge in [-0.3, -0.25) is 9.59 Å². The van der Waals surface area contributed by atoms with E-state index in [0.717, 1.165) is 5.56 Å². The lowest BCUT2D eigenvalue weighted by molar-refractivity contribution is -0.139. The van der Waals surface area contributed by atoms with Gasteiger partial charge in [-0.05, 0) is 31.5 Å². The van der Waals surface area contributed by atoms with Crippen molar-refractivity contribution in [1.82, 2.24) is 5.32 Å². The van der Waals surface area contributed by atoms with Crippen LogP contribution in [-0.2, 0) is 14.3 Å². The summed E-state index contributed by atoms with van der Waals surface area (Å²) in [6.45, 7) is 3.81. The van der Waals surface area contributed by atoms with Crippen LogP contribution in [0.15, 0.2) is 76.5 Å². The molecule has 1 amide bonds. The van der Waals surface area contributed by atoms with Gasteiger partial charge in [-0.15, -0.1) is 0 Å². The Morgan fingerprint density at radius 2 is 1.85 bits per heavy atom. The lowest BCUT2D eigenvalue weighted by Gasteiger charge is -2.30. The molecule has 33 heavy (non-hydrogen) atoms. The van der Waals surface area contributed by atoms with Gasteiger partial charge < -0.3 is 20.1 Å². The first kappa shape index (κ1) is 24.0. The number of benzene rings is 2. The molecule has 0 saturated heterocycles. The Balaban J connectivity index is 2.00. The van der Waals surface area contributed by atoms with E-state index >= 15 is 0 Å². The zero-order valence-corrected chi connectivity index (χ0v) is 19.5. The molecule has 3 rings (SSSR count). The second kappa shape index (κ2) is 11.2. The summed E-state index contributed by atoms with van der Waals surface area (Å²) in [5.41, 5.74) is 2.72. The van der Waals surface area contributed by atoms with Gasteiger partial charge in [0.05, 0.1) is 47.7 Å². The third-order valence-electron chi connectivity index (χ3n) is 5.02. The summed E-state index contributed by atoms with van der Waals surface area (Å²) in [7, 11) is 1.54. The van der Waals surface area contributed by atoms with Crippen molar-refractivity contribution in [1.29, 1.82) is 5.26 Å². The number of dihydropyridines is 1.